The van der Waals surface area contributed by atoms with E-state index in [9.17, 15) is 18.0 Å². The van der Waals surface area contributed by atoms with E-state index in [-0.39, 0.29) is 22.6 Å². The van der Waals surface area contributed by atoms with Gasteiger partial charge in [0.05, 0.1) is 11.1 Å². The first-order valence-electron chi connectivity index (χ1n) is 8.32. The van der Waals surface area contributed by atoms with E-state index in [1.807, 2.05) is 19.0 Å². The highest BCUT2D eigenvalue weighted by Crippen LogP contribution is 2.38. The SMILES string of the molecule is CN(C)CCN(C)c1ccc(NC(=O)c2ccccc2N)cc1C(F)(F)F. The number of para-hydroxylation sites is 1. The lowest BCUT2D eigenvalue weighted by Crippen LogP contribution is -2.30. The van der Waals surface area contributed by atoms with Crippen LogP contribution in [-0.4, -0.2) is 45.0 Å². The minimum atomic E-state index is -4.55. The van der Waals surface area contributed by atoms with Crippen LogP contribution in [0.2, 0.25) is 0 Å². The summed E-state index contributed by atoms with van der Waals surface area (Å²) in [7, 11) is 5.32. The first-order valence-corrected chi connectivity index (χ1v) is 8.32. The van der Waals surface area contributed by atoms with E-state index >= 15 is 0 Å². The highest BCUT2D eigenvalue weighted by Gasteiger charge is 2.35. The van der Waals surface area contributed by atoms with Crippen molar-refractivity contribution >= 4 is 23.0 Å². The topological polar surface area (TPSA) is 61.6 Å². The van der Waals surface area contributed by atoms with Crippen molar-refractivity contribution in [3.63, 3.8) is 0 Å². The van der Waals surface area contributed by atoms with Gasteiger partial charge in [-0.2, -0.15) is 13.2 Å². The van der Waals surface area contributed by atoms with Crippen LogP contribution in [0.3, 0.4) is 0 Å². The number of nitrogens with one attached hydrogen (secondary N) is 1. The van der Waals surface area contributed by atoms with Crippen molar-refractivity contribution in [1.29, 1.82) is 0 Å². The summed E-state index contributed by atoms with van der Waals surface area (Å²) < 4.78 is 40.6. The Morgan fingerprint density at radius 2 is 1.74 bits per heavy atom. The maximum absolute atomic E-state index is 13.5. The molecule has 146 valence electrons. The Morgan fingerprint density at radius 1 is 1.07 bits per heavy atom. The molecule has 8 heteroatoms. The van der Waals surface area contributed by atoms with Gasteiger partial charge in [0.2, 0.25) is 0 Å². The number of nitrogens with two attached hydrogens (primary N) is 1. The van der Waals surface area contributed by atoms with Gasteiger partial charge in [-0.05, 0) is 44.4 Å². The molecule has 0 heterocycles. The monoisotopic (exact) mass is 380 g/mol. The molecule has 0 spiro atoms. The summed E-state index contributed by atoms with van der Waals surface area (Å²) >= 11 is 0. The van der Waals surface area contributed by atoms with Crippen molar-refractivity contribution in [2.45, 2.75) is 6.18 Å². The molecule has 2 aromatic rings. The number of rotatable bonds is 6. The van der Waals surface area contributed by atoms with Gasteiger partial charge in [0, 0.05) is 37.2 Å². The number of alkyl halides is 3. The maximum atomic E-state index is 13.5. The molecular weight excluding hydrogens is 357 g/mol. The van der Waals surface area contributed by atoms with Crippen LogP contribution in [0.25, 0.3) is 0 Å². The number of hydrogen-bond acceptors (Lipinski definition) is 4. The molecule has 0 aliphatic carbocycles. The largest absolute Gasteiger partial charge is 0.418 e. The van der Waals surface area contributed by atoms with Crippen LogP contribution in [-0.2, 0) is 6.18 Å². The first kappa shape index (κ1) is 20.6. The third-order valence-corrected chi connectivity index (χ3v) is 4.06. The van der Waals surface area contributed by atoms with Gasteiger partial charge < -0.3 is 20.9 Å². The van der Waals surface area contributed by atoms with Gasteiger partial charge in [-0.3, -0.25) is 4.79 Å². The predicted octanol–water partition coefficient (Wildman–Crippen LogP) is 3.54. The average molecular weight is 380 g/mol. The zero-order valence-electron chi connectivity index (χ0n) is 15.5. The van der Waals surface area contributed by atoms with Gasteiger partial charge in [0.15, 0.2) is 0 Å². The summed E-state index contributed by atoms with van der Waals surface area (Å²) in [6.07, 6.45) is -4.55. The Kier molecular flexibility index (Phi) is 6.32. The zero-order valence-corrected chi connectivity index (χ0v) is 15.5. The molecule has 2 aromatic carbocycles. The van der Waals surface area contributed by atoms with Crippen LogP contribution in [0, 0.1) is 0 Å². The molecule has 0 aromatic heterocycles. The van der Waals surface area contributed by atoms with Gasteiger partial charge in [-0.25, -0.2) is 0 Å². The second kappa shape index (κ2) is 8.30. The maximum Gasteiger partial charge on any atom is 0.418 e. The number of nitrogen functional groups attached to an aromatic ring is 1. The average Bonchev–Trinajstić information content (AvgIpc) is 2.59. The standard InChI is InChI=1S/C19H23F3N4O/c1-25(2)10-11-26(3)17-9-8-13(12-15(17)19(20,21)22)24-18(27)14-6-4-5-7-16(14)23/h4-9,12H,10-11,23H2,1-3H3,(H,24,27). The molecule has 0 aliphatic rings. The van der Waals surface area contributed by atoms with Crippen LogP contribution in [0.15, 0.2) is 42.5 Å². The Hall–Kier alpha value is -2.74. The van der Waals surface area contributed by atoms with Crippen LogP contribution in [0.1, 0.15) is 15.9 Å². The Bertz CT molecular complexity index is 806. The van der Waals surface area contributed by atoms with Gasteiger partial charge >= 0.3 is 6.18 Å². The van der Waals surface area contributed by atoms with Crippen molar-refractivity contribution in [3.05, 3.63) is 53.6 Å². The van der Waals surface area contributed by atoms with Crippen LogP contribution in [0.5, 0.6) is 0 Å². The number of carbonyl (C=O) groups excluding carboxylic acids is 1. The van der Waals surface area contributed by atoms with E-state index in [2.05, 4.69) is 5.32 Å². The van der Waals surface area contributed by atoms with Crippen molar-refractivity contribution < 1.29 is 18.0 Å². The first-order chi connectivity index (χ1) is 12.6. The zero-order chi connectivity index (χ0) is 20.2. The van der Waals surface area contributed by atoms with Crippen molar-refractivity contribution in [2.75, 3.05) is 50.2 Å². The van der Waals surface area contributed by atoms with E-state index in [1.165, 1.54) is 18.2 Å². The number of carbonyl (C=O) groups is 1. The molecule has 0 bridgehead atoms. The van der Waals surface area contributed by atoms with Gasteiger partial charge in [-0.1, -0.05) is 12.1 Å². The predicted molar refractivity (Wildman–Crippen MR) is 102 cm³/mol. The fourth-order valence-electron chi connectivity index (χ4n) is 2.55. The summed E-state index contributed by atoms with van der Waals surface area (Å²) in [4.78, 5) is 15.7. The lowest BCUT2D eigenvalue weighted by atomic mass is 10.1. The fraction of sp³-hybridized carbons (Fsp3) is 0.316. The summed E-state index contributed by atoms with van der Waals surface area (Å²) in [5.74, 6) is -0.560. The molecule has 5 nitrogen and oxygen atoms in total. The summed E-state index contributed by atoms with van der Waals surface area (Å²) in [5, 5.41) is 2.48. The highest BCUT2D eigenvalue weighted by molar-refractivity contribution is 6.07. The van der Waals surface area contributed by atoms with Gasteiger partial charge in [0.1, 0.15) is 0 Å². The molecule has 0 aliphatic heterocycles. The van der Waals surface area contributed by atoms with Gasteiger partial charge in [-0.15, -0.1) is 0 Å². The van der Waals surface area contributed by atoms with E-state index in [1.54, 1.807) is 30.1 Å². The van der Waals surface area contributed by atoms with Crippen molar-refractivity contribution in [1.82, 2.24) is 4.90 Å². The van der Waals surface area contributed by atoms with Crippen LogP contribution >= 0.6 is 0 Å². The number of amides is 1. The normalized spacial score (nSPS) is 11.5. The van der Waals surface area contributed by atoms with E-state index < -0.39 is 17.6 Å². The fourth-order valence-corrected chi connectivity index (χ4v) is 2.55. The minimum absolute atomic E-state index is 0.0559. The quantitative estimate of drug-likeness (QED) is 0.753. The van der Waals surface area contributed by atoms with E-state index in [0.717, 1.165) is 6.07 Å². The molecular formula is C19H23F3N4O. The smallest absolute Gasteiger partial charge is 0.398 e. The molecule has 0 radical (unpaired) electrons. The number of anilines is 3. The van der Waals surface area contributed by atoms with Crippen molar-refractivity contribution in [2.24, 2.45) is 0 Å². The molecule has 0 unspecified atom stereocenters. The lowest BCUT2D eigenvalue weighted by molar-refractivity contribution is -0.137. The van der Waals surface area contributed by atoms with Crippen LogP contribution < -0.4 is 16.0 Å². The second-order valence-electron chi connectivity index (χ2n) is 6.50. The molecule has 0 saturated carbocycles. The van der Waals surface area contributed by atoms with E-state index in [0.29, 0.717) is 13.1 Å². The molecule has 0 atom stereocenters. The minimum Gasteiger partial charge on any atom is -0.398 e. The summed E-state index contributed by atoms with van der Waals surface area (Å²) in [6, 6.07) is 10.1. The molecule has 1 amide bonds. The second-order valence-corrected chi connectivity index (χ2v) is 6.50. The number of hydrogen-bond donors (Lipinski definition) is 2. The third-order valence-electron chi connectivity index (χ3n) is 4.06. The molecule has 2 rings (SSSR count). The molecule has 27 heavy (non-hydrogen) atoms. The number of likely N-dealkylation sites (N-methyl/N-ethyl adjacent to an activating group) is 2. The third kappa shape index (κ3) is 5.37. The summed E-state index contributed by atoms with van der Waals surface area (Å²) in [6.45, 7) is 1.04. The number of halogens is 3. The molecule has 3 N–H and O–H groups in total. The van der Waals surface area contributed by atoms with Gasteiger partial charge in [0.25, 0.3) is 5.91 Å². The van der Waals surface area contributed by atoms with E-state index in [4.69, 9.17) is 5.73 Å². The summed E-state index contributed by atoms with van der Waals surface area (Å²) in [5.41, 5.74) is 5.52. The Morgan fingerprint density at radius 3 is 2.33 bits per heavy atom. The molecule has 0 saturated heterocycles. The Balaban J connectivity index is 2.29. The lowest BCUT2D eigenvalue weighted by Gasteiger charge is -2.25. The number of benzene rings is 2. The van der Waals surface area contributed by atoms with Crippen LogP contribution in [0.4, 0.5) is 30.2 Å². The molecule has 0 fully saturated rings. The van der Waals surface area contributed by atoms with Crippen molar-refractivity contribution in [3.8, 4) is 0 Å². The number of nitrogens with zero attached hydrogens (tertiary/aromatic N) is 2. The Labute approximate surface area is 156 Å². The highest BCUT2D eigenvalue weighted by atomic mass is 19.4.